The predicted octanol–water partition coefficient (Wildman–Crippen LogP) is 5.14. The SMILES string of the molecule is Cc1ccc([C@@H]2CC(c3ccccc3Cl)=NN2C(=O)CN2CCN(Cc3ccccc3)CC2)cc1. The molecule has 2 heterocycles. The van der Waals surface area contributed by atoms with Crippen molar-refractivity contribution < 1.29 is 4.79 Å². The standard InChI is InChI=1S/C29H31ClN4O/c1-22-11-13-24(14-12-22)28-19-27(25-9-5-6-10-26(25)30)31-34(28)29(35)21-33-17-15-32(16-18-33)20-23-7-3-2-4-8-23/h2-14,28H,15-21H2,1H3/t28-/m0/s1. The van der Waals surface area contributed by atoms with Crippen LogP contribution < -0.4 is 0 Å². The van der Waals surface area contributed by atoms with E-state index in [-0.39, 0.29) is 11.9 Å². The smallest absolute Gasteiger partial charge is 0.257 e. The van der Waals surface area contributed by atoms with Crippen LogP contribution in [0.5, 0.6) is 0 Å². The molecule has 5 rings (SSSR count). The zero-order valence-corrected chi connectivity index (χ0v) is 20.9. The van der Waals surface area contributed by atoms with Gasteiger partial charge in [0.25, 0.3) is 5.91 Å². The second kappa shape index (κ2) is 10.7. The van der Waals surface area contributed by atoms with Crippen LogP contribution in [0.25, 0.3) is 0 Å². The average Bonchev–Trinajstić information content (AvgIpc) is 3.32. The van der Waals surface area contributed by atoms with Crippen molar-refractivity contribution in [2.45, 2.75) is 25.9 Å². The van der Waals surface area contributed by atoms with E-state index in [9.17, 15) is 4.79 Å². The molecule has 3 aromatic rings. The fraction of sp³-hybridized carbons (Fsp3) is 0.310. The van der Waals surface area contributed by atoms with E-state index >= 15 is 0 Å². The Morgan fingerprint density at radius 2 is 1.54 bits per heavy atom. The lowest BCUT2D eigenvalue weighted by atomic mass is 9.97. The van der Waals surface area contributed by atoms with Gasteiger partial charge in [-0.25, -0.2) is 5.01 Å². The van der Waals surface area contributed by atoms with Crippen molar-refractivity contribution in [3.63, 3.8) is 0 Å². The lowest BCUT2D eigenvalue weighted by Gasteiger charge is -2.35. The van der Waals surface area contributed by atoms with E-state index in [0.29, 0.717) is 18.0 Å². The summed E-state index contributed by atoms with van der Waals surface area (Å²) >= 11 is 6.48. The van der Waals surface area contributed by atoms with E-state index in [1.54, 1.807) is 5.01 Å². The topological polar surface area (TPSA) is 39.2 Å². The lowest BCUT2D eigenvalue weighted by molar-refractivity contribution is -0.134. The largest absolute Gasteiger partial charge is 0.297 e. The third-order valence-electron chi connectivity index (χ3n) is 6.89. The minimum absolute atomic E-state index is 0.0362. The molecule has 0 unspecified atom stereocenters. The van der Waals surface area contributed by atoms with Crippen LogP contribution in [0.1, 0.15) is 34.7 Å². The molecule has 180 valence electrons. The van der Waals surface area contributed by atoms with E-state index < -0.39 is 0 Å². The summed E-state index contributed by atoms with van der Waals surface area (Å²) in [6, 6.07) is 26.6. The molecule has 1 saturated heterocycles. The van der Waals surface area contributed by atoms with Gasteiger partial charge >= 0.3 is 0 Å². The highest BCUT2D eigenvalue weighted by molar-refractivity contribution is 6.34. The number of amides is 1. The van der Waals surface area contributed by atoms with Crippen molar-refractivity contribution >= 4 is 23.2 Å². The Bertz CT molecular complexity index is 1190. The number of nitrogens with zero attached hydrogens (tertiary/aromatic N) is 4. The lowest BCUT2D eigenvalue weighted by Crippen LogP contribution is -2.49. The van der Waals surface area contributed by atoms with Crippen molar-refractivity contribution in [3.05, 3.63) is 106 Å². The number of carbonyl (C=O) groups excluding carboxylic acids is 1. The number of hydrogen-bond acceptors (Lipinski definition) is 4. The molecule has 0 aliphatic carbocycles. The maximum Gasteiger partial charge on any atom is 0.257 e. The van der Waals surface area contributed by atoms with Gasteiger partial charge in [0.05, 0.1) is 18.3 Å². The molecule has 0 radical (unpaired) electrons. The van der Waals surface area contributed by atoms with Crippen LogP contribution in [0.15, 0.2) is 84.0 Å². The summed E-state index contributed by atoms with van der Waals surface area (Å²) < 4.78 is 0. The summed E-state index contributed by atoms with van der Waals surface area (Å²) in [7, 11) is 0. The zero-order valence-electron chi connectivity index (χ0n) is 20.1. The highest BCUT2D eigenvalue weighted by Gasteiger charge is 2.34. The molecule has 1 atom stereocenters. The van der Waals surface area contributed by atoms with Gasteiger partial charge in [-0.05, 0) is 24.1 Å². The molecule has 1 fully saturated rings. The van der Waals surface area contributed by atoms with Crippen LogP contribution in [0.4, 0.5) is 0 Å². The molecule has 6 heteroatoms. The van der Waals surface area contributed by atoms with E-state index in [1.807, 2.05) is 24.3 Å². The van der Waals surface area contributed by atoms with Crippen LogP contribution in [-0.2, 0) is 11.3 Å². The Morgan fingerprint density at radius 3 is 2.26 bits per heavy atom. The number of rotatable bonds is 6. The summed E-state index contributed by atoms with van der Waals surface area (Å²) in [5.41, 5.74) is 5.39. The molecule has 1 amide bonds. The first kappa shape index (κ1) is 23.7. The first-order valence-electron chi connectivity index (χ1n) is 12.3. The van der Waals surface area contributed by atoms with Crippen molar-refractivity contribution in [1.29, 1.82) is 0 Å². The Hall–Kier alpha value is -2.99. The van der Waals surface area contributed by atoms with Gasteiger partial charge < -0.3 is 0 Å². The number of hydrogen-bond donors (Lipinski definition) is 0. The molecule has 0 N–H and O–H groups in total. The van der Waals surface area contributed by atoms with E-state index in [2.05, 4.69) is 71.3 Å². The van der Waals surface area contributed by atoms with Crippen LogP contribution in [0.2, 0.25) is 5.02 Å². The zero-order chi connectivity index (χ0) is 24.2. The van der Waals surface area contributed by atoms with Gasteiger partial charge in [-0.1, -0.05) is 90.0 Å². The van der Waals surface area contributed by atoms with Gasteiger partial charge in [0.15, 0.2) is 0 Å². The van der Waals surface area contributed by atoms with Gasteiger partial charge in [-0.15, -0.1) is 0 Å². The van der Waals surface area contributed by atoms with Crippen molar-refractivity contribution in [1.82, 2.24) is 14.8 Å². The second-order valence-electron chi connectivity index (χ2n) is 9.43. The summed E-state index contributed by atoms with van der Waals surface area (Å²) in [6.07, 6.45) is 0.656. The van der Waals surface area contributed by atoms with Crippen molar-refractivity contribution in [2.24, 2.45) is 5.10 Å². The van der Waals surface area contributed by atoms with Gasteiger partial charge in [0, 0.05) is 49.7 Å². The minimum Gasteiger partial charge on any atom is -0.297 e. The number of benzene rings is 3. The van der Waals surface area contributed by atoms with E-state index in [4.69, 9.17) is 16.7 Å². The fourth-order valence-electron chi connectivity index (χ4n) is 4.86. The number of piperazine rings is 1. The molecule has 0 aromatic heterocycles. The molecule has 5 nitrogen and oxygen atoms in total. The Labute approximate surface area is 212 Å². The number of hydrazone groups is 1. The van der Waals surface area contributed by atoms with Crippen molar-refractivity contribution in [2.75, 3.05) is 32.7 Å². The number of halogens is 1. The first-order chi connectivity index (χ1) is 17.1. The monoisotopic (exact) mass is 486 g/mol. The fourth-order valence-corrected chi connectivity index (χ4v) is 5.10. The van der Waals surface area contributed by atoms with Gasteiger partial charge in [-0.2, -0.15) is 5.10 Å². The number of carbonyl (C=O) groups is 1. The van der Waals surface area contributed by atoms with Gasteiger partial charge in [0.1, 0.15) is 0 Å². The van der Waals surface area contributed by atoms with Gasteiger partial charge in [0.2, 0.25) is 0 Å². The molecule has 0 saturated carbocycles. The maximum absolute atomic E-state index is 13.5. The Balaban J connectivity index is 1.28. The molecular formula is C29H31ClN4O. The molecule has 0 spiro atoms. The molecule has 2 aliphatic rings. The summed E-state index contributed by atoms with van der Waals surface area (Å²) in [6.45, 7) is 7.07. The molecule has 0 bridgehead atoms. The second-order valence-corrected chi connectivity index (χ2v) is 9.84. The number of aryl methyl sites for hydroxylation is 1. The van der Waals surface area contributed by atoms with Crippen LogP contribution in [-0.4, -0.2) is 59.2 Å². The highest BCUT2D eigenvalue weighted by atomic mass is 35.5. The molecule has 3 aromatic carbocycles. The minimum atomic E-state index is -0.117. The maximum atomic E-state index is 13.5. The average molecular weight is 487 g/mol. The quantitative estimate of drug-likeness (QED) is 0.484. The van der Waals surface area contributed by atoms with Crippen molar-refractivity contribution in [3.8, 4) is 0 Å². The van der Waals surface area contributed by atoms with Crippen LogP contribution in [0.3, 0.4) is 0 Å². The Kier molecular flexibility index (Phi) is 7.28. The Morgan fingerprint density at radius 1 is 0.886 bits per heavy atom. The summed E-state index contributed by atoms with van der Waals surface area (Å²) in [4.78, 5) is 18.2. The van der Waals surface area contributed by atoms with Crippen LogP contribution in [0, 0.1) is 6.92 Å². The summed E-state index contributed by atoms with van der Waals surface area (Å²) in [5, 5.41) is 7.17. The normalized spacial score (nSPS) is 19.1. The summed E-state index contributed by atoms with van der Waals surface area (Å²) in [5.74, 6) is 0.0362. The predicted molar refractivity (Wildman–Crippen MR) is 142 cm³/mol. The first-order valence-corrected chi connectivity index (χ1v) is 12.6. The van der Waals surface area contributed by atoms with E-state index in [1.165, 1.54) is 11.1 Å². The third kappa shape index (κ3) is 5.64. The molecule has 35 heavy (non-hydrogen) atoms. The molecule has 2 aliphatic heterocycles. The van der Waals surface area contributed by atoms with Crippen LogP contribution >= 0.6 is 11.6 Å². The van der Waals surface area contributed by atoms with E-state index in [0.717, 1.165) is 49.6 Å². The third-order valence-corrected chi connectivity index (χ3v) is 7.22. The highest BCUT2D eigenvalue weighted by Crippen LogP contribution is 2.34. The molecular weight excluding hydrogens is 456 g/mol. The van der Waals surface area contributed by atoms with Gasteiger partial charge in [-0.3, -0.25) is 14.6 Å².